The zero-order valence-electron chi connectivity index (χ0n) is 16.9. The van der Waals surface area contributed by atoms with Gasteiger partial charge in [0.05, 0.1) is 0 Å². The lowest BCUT2D eigenvalue weighted by molar-refractivity contribution is -0.135. The van der Waals surface area contributed by atoms with E-state index in [1.54, 1.807) is 25.2 Å². The highest BCUT2D eigenvalue weighted by Gasteiger charge is 2.31. The molecule has 160 valence electrons. The van der Waals surface area contributed by atoms with Crippen molar-refractivity contribution in [3.63, 3.8) is 0 Å². The summed E-state index contributed by atoms with van der Waals surface area (Å²) in [6.45, 7) is -1.13. The Kier molecular flexibility index (Phi) is 7.66. The summed E-state index contributed by atoms with van der Waals surface area (Å²) in [5, 5.41) is 6.48. The topological polar surface area (TPSA) is 66.0 Å². The Bertz CT molecular complexity index is 708. The van der Waals surface area contributed by atoms with Gasteiger partial charge in [-0.15, -0.1) is 0 Å². The van der Waals surface area contributed by atoms with E-state index >= 15 is 0 Å². The second kappa shape index (κ2) is 10.4. The molecule has 2 aliphatic rings. The summed E-state index contributed by atoms with van der Waals surface area (Å²) in [5.74, 6) is 1.20. The van der Waals surface area contributed by atoms with Gasteiger partial charge in [0.25, 0.3) is 0 Å². The largest absolute Gasteiger partial charge is 0.434 e. The average Bonchev–Trinajstić information content (AvgIpc) is 3.20. The molecule has 1 heterocycles. The minimum absolute atomic E-state index is 0.126. The molecule has 0 spiro atoms. The van der Waals surface area contributed by atoms with Gasteiger partial charge >= 0.3 is 6.61 Å². The smallest absolute Gasteiger partial charge is 0.387 e. The van der Waals surface area contributed by atoms with Gasteiger partial charge in [-0.2, -0.15) is 8.78 Å². The third-order valence-corrected chi connectivity index (χ3v) is 5.65. The third kappa shape index (κ3) is 6.05. The van der Waals surface area contributed by atoms with Crippen LogP contribution in [0.4, 0.5) is 8.78 Å². The molecule has 6 nitrogen and oxygen atoms in total. The Balaban J connectivity index is 1.49. The molecule has 1 amide bonds. The second-order valence-corrected chi connectivity index (χ2v) is 7.66. The number of carbonyl (C=O) groups is 1. The lowest BCUT2D eigenvalue weighted by Crippen LogP contribution is -2.45. The number of ether oxygens (including phenoxy) is 1. The summed E-state index contributed by atoms with van der Waals surface area (Å²) in [6.07, 6.45) is 6.43. The van der Waals surface area contributed by atoms with Crippen LogP contribution in [-0.4, -0.2) is 49.6 Å². The number of hydrogen-bond donors (Lipinski definition) is 2. The number of amides is 1. The molecule has 0 radical (unpaired) electrons. The molecule has 1 aliphatic carbocycles. The fourth-order valence-electron chi connectivity index (χ4n) is 4.11. The molecule has 1 saturated heterocycles. The molecule has 1 aromatic carbocycles. The van der Waals surface area contributed by atoms with Crippen LogP contribution in [0.3, 0.4) is 0 Å². The predicted octanol–water partition coefficient (Wildman–Crippen LogP) is 3.13. The lowest BCUT2D eigenvalue weighted by atomic mass is 9.88. The van der Waals surface area contributed by atoms with Gasteiger partial charge in [0.15, 0.2) is 5.96 Å². The molecule has 1 aliphatic heterocycles. The summed E-state index contributed by atoms with van der Waals surface area (Å²) in [6, 6.07) is 6.81. The van der Waals surface area contributed by atoms with Gasteiger partial charge in [0, 0.05) is 44.2 Å². The molecule has 2 fully saturated rings. The number of rotatable bonds is 6. The molecule has 1 saturated carbocycles. The first-order chi connectivity index (χ1) is 14.1. The van der Waals surface area contributed by atoms with Gasteiger partial charge in [0.1, 0.15) is 5.75 Å². The SMILES string of the molecule is CN=C(NCc1ccccc1OC(F)F)NC1CCN(C(=O)C2CCCCC2)C1. The van der Waals surface area contributed by atoms with E-state index in [0.29, 0.717) is 24.6 Å². The van der Waals surface area contributed by atoms with Crippen molar-refractivity contribution in [3.8, 4) is 5.75 Å². The quantitative estimate of drug-likeness (QED) is 0.561. The molecule has 2 N–H and O–H groups in total. The van der Waals surface area contributed by atoms with Crippen molar-refractivity contribution < 1.29 is 18.3 Å². The Morgan fingerprint density at radius 1 is 1.24 bits per heavy atom. The van der Waals surface area contributed by atoms with Crippen molar-refractivity contribution in [2.75, 3.05) is 20.1 Å². The van der Waals surface area contributed by atoms with Gasteiger partial charge in [-0.1, -0.05) is 37.5 Å². The molecule has 1 atom stereocenters. The highest BCUT2D eigenvalue weighted by molar-refractivity contribution is 5.81. The van der Waals surface area contributed by atoms with E-state index in [2.05, 4.69) is 20.4 Å². The number of likely N-dealkylation sites (tertiary alicyclic amines) is 1. The Morgan fingerprint density at radius 3 is 2.72 bits per heavy atom. The predicted molar refractivity (Wildman–Crippen MR) is 108 cm³/mol. The molecular formula is C21H30F2N4O2. The van der Waals surface area contributed by atoms with E-state index in [0.717, 1.165) is 38.6 Å². The van der Waals surface area contributed by atoms with Crippen LogP contribution < -0.4 is 15.4 Å². The summed E-state index contributed by atoms with van der Waals surface area (Å²) < 4.78 is 29.7. The fourth-order valence-corrected chi connectivity index (χ4v) is 4.11. The van der Waals surface area contributed by atoms with Gasteiger partial charge in [-0.25, -0.2) is 0 Å². The summed E-state index contributed by atoms with van der Waals surface area (Å²) in [7, 11) is 1.66. The van der Waals surface area contributed by atoms with Crippen molar-refractivity contribution in [2.45, 2.75) is 57.7 Å². The third-order valence-electron chi connectivity index (χ3n) is 5.65. The van der Waals surface area contributed by atoms with Gasteiger partial charge in [-0.3, -0.25) is 9.79 Å². The maximum Gasteiger partial charge on any atom is 0.387 e. The highest BCUT2D eigenvalue weighted by Crippen LogP contribution is 2.27. The molecule has 3 rings (SSSR count). The van der Waals surface area contributed by atoms with E-state index in [1.807, 2.05) is 4.90 Å². The van der Waals surface area contributed by atoms with Gasteiger partial charge in [0.2, 0.25) is 5.91 Å². The Hall–Kier alpha value is -2.38. The van der Waals surface area contributed by atoms with Crippen LogP contribution in [0.1, 0.15) is 44.1 Å². The first-order valence-electron chi connectivity index (χ1n) is 10.4. The number of guanidine groups is 1. The van der Waals surface area contributed by atoms with E-state index in [4.69, 9.17) is 0 Å². The van der Waals surface area contributed by atoms with Crippen molar-refractivity contribution >= 4 is 11.9 Å². The monoisotopic (exact) mass is 408 g/mol. The zero-order valence-corrected chi connectivity index (χ0v) is 16.9. The average molecular weight is 408 g/mol. The van der Waals surface area contributed by atoms with Crippen molar-refractivity contribution in [1.82, 2.24) is 15.5 Å². The number of benzene rings is 1. The van der Waals surface area contributed by atoms with E-state index in [1.165, 1.54) is 12.5 Å². The highest BCUT2D eigenvalue weighted by atomic mass is 19.3. The molecular weight excluding hydrogens is 378 g/mol. The Labute approximate surface area is 170 Å². The molecule has 8 heteroatoms. The fraction of sp³-hybridized carbons (Fsp3) is 0.619. The summed E-state index contributed by atoms with van der Waals surface area (Å²) in [5.41, 5.74) is 0.622. The first-order valence-corrected chi connectivity index (χ1v) is 10.4. The van der Waals surface area contributed by atoms with Crippen LogP contribution in [0, 0.1) is 5.92 Å². The molecule has 29 heavy (non-hydrogen) atoms. The molecule has 1 aromatic rings. The standard InChI is InChI=1S/C21H30F2N4O2/c1-24-21(25-13-16-9-5-6-10-18(16)29-20(22)23)26-17-11-12-27(14-17)19(28)15-7-3-2-4-8-15/h5-6,9-10,15,17,20H,2-4,7-8,11-14H2,1H3,(H2,24,25,26). The van der Waals surface area contributed by atoms with Crippen LogP contribution >= 0.6 is 0 Å². The minimum atomic E-state index is -2.86. The molecule has 0 aromatic heterocycles. The van der Waals surface area contributed by atoms with Crippen LogP contribution in [0.15, 0.2) is 29.3 Å². The maximum atomic E-state index is 12.7. The van der Waals surface area contributed by atoms with Crippen LogP contribution in [0.25, 0.3) is 0 Å². The molecule has 0 bridgehead atoms. The summed E-state index contributed by atoms with van der Waals surface area (Å²) >= 11 is 0. The molecule has 1 unspecified atom stereocenters. The van der Waals surface area contributed by atoms with Crippen molar-refractivity contribution in [2.24, 2.45) is 10.9 Å². The number of alkyl halides is 2. The summed E-state index contributed by atoms with van der Waals surface area (Å²) in [4.78, 5) is 18.9. The normalized spacial score (nSPS) is 20.8. The Morgan fingerprint density at radius 2 is 2.00 bits per heavy atom. The van der Waals surface area contributed by atoms with Crippen LogP contribution in [0.2, 0.25) is 0 Å². The number of carbonyl (C=O) groups excluding carboxylic acids is 1. The van der Waals surface area contributed by atoms with E-state index < -0.39 is 6.61 Å². The van der Waals surface area contributed by atoms with E-state index in [9.17, 15) is 13.6 Å². The number of aliphatic imine (C=N–C) groups is 1. The van der Waals surface area contributed by atoms with Crippen molar-refractivity contribution in [1.29, 1.82) is 0 Å². The number of nitrogens with zero attached hydrogens (tertiary/aromatic N) is 2. The minimum Gasteiger partial charge on any atom is -0.434 e. The maximum absolute atomic E-state index is 12.7. The second-order valence-electron chi connectivity index (χ2n) is 7.66. The van der Waals surface area contributed by atoms with Crippen molar-refractivity contribution in [3.05, 3.63) is 29.8 Å². The number of hydrogen-bond acceptors (Lipinski definition) is 3. The number of para-hydroxylation sites is 1. The van der Waals surface area contributed by atoms with Gasteiger partial charge < -0.3 is 20.3 Å². The lowest BCUT2D eigenvalue weighted by Gasteiger charge is -2.26. The van der Waals surface area contributed by atoms with Crippen LogP contribution in [-0.2, 0) is 11.3 Å². The van der Waals surface area contributed by atoms with E-state index in [-0.39, 0.29) is 23.6 Å². The van der Waals surface area contributed by atoms with Crippen LogP contribution in [0.5, 0.6) is 5.75 Å². The number of nitrogens with one attached hydrogen (secondary N) is 2. The first kappa shape index (κ1) is 21.3. The van der Waals surface area contributed by atoms with Gasteiger partial charge in [-0.05, 0) is 25.3 Å². The number of halogens is 2. The zero-order chi connectivity index (χ0) is 20.6.